The van der Waals surface area contributed by atoms with Gasteiger partial charge in [0.15, 0.2) is 0 Å². The zero-order valence-corrected chi connectivity index (χ0v) is 15.6. The summed E-state index contributed by atoms with van der Waals surface area (Å²) in [6.45, 7) is 1.92. The Kier molecular flexibility index (Phi) is 4.46. The Labute approximate surface area is 160 Å². The topological polar surface area (TPSA) is 53.2 Å². The second kappa shape index (κ2) is 7.10. The van der Waals surface area contributed by atoms with Crippen molar-refractivity contribution in [3.05, 3.63) is 65.2 Å². The Morgan fingerprint density at radius 3 is 2.70 bits per heavy atom. The van der Waals surface area contributed by atoms with E-state index in [1.165, 1.54) is 42.4 Å². The maximum atomic E-state index is 12.3. The minimum absolute atomic E-state index is 0.0772. The van der Waals surface area contributed by atoms with Gasteiger partial charge in [0.2, 0.25) is 5.91 Å². The van der Waals surface area contributed by atoms with E-state index < -0.39 is 0 Å². The van der Waals surface area contributed by atoms with Crippen molar-refractivity contribution >= 4 is 11.6 Å². The predicted molar refractivity (Wildman–Crippen MR) is 108 cm³/mol. The minimum atomic E-state index is 0.0772. The van der Waals surface area contributed by atoms with Gasteiger partial charge in [-0.3, -0.25) is 4.79 Å². The zero-order chi connectivity index (χ0) is 18.2. The summed E-state index contributed by atoms with van der Waals surface area (Å²) in [5.74, 6) is 0.825. The Balaban J connectivity index is 1.30. The average Bonchev–Trinajstić information content (AvgIpc) is 3.49. The SMILES string of the molecule is O=C1Nc2ccc(CNC3CCCNC3c3ccccc3)cc2C1C1CC1. The van der Waals surface area contributed by atoms with Crippen LogP contribution in [0.4, 0.5) is 5.69 Å². The molecule has 4 nitrogen and oxygen atoms in total. The van der Waals surface area contributed by atoms with Gasteiger partial charge in [-0.05, 0) is 60.9 Å². The molecule has 1 saturated carbocycles. The van der Waals surface area contributed by atoms with Gasteiger partial charge < -0.3 is 16.0 Å². The number of carbonyl (C=O) groups is 1. The van der Waals surface area contributed by atoms with Gasteiger partial charge in [-0.1, -0.05) is 42.5 Å². The molecule has 2 aromatic rings. The van der Waals surface area contributed by atoms with Crippen LogP contribution in [0.2, 0.25) is 0 Å². The van der Waals surface area contributed by atoms with Crippen molar-refractivity contribution in [2.24, 2.45) is 5.92 Å². The van der Waals surface area contributed by atoms with Crippen LogP contribution < -0.4 is 16.0 Å². The van der Waals surface area contributed by atoms with Gasteiger partial charge in [0, 0.05) is 24.3 Å². The van der Waals surface area contributed by atoms with Crippen molar-refractivity contribution in [3.63, 3.8) is 0 Å². The molecule has 2 aliphatic heterocycles. The van der Waals surface area contributed by atoms with Crippen LogP contribution in [-0.2, 0) is 11.3 Å². The second-order valence-electron chi connectivity index (χ2n) is 8.20. The van der Waals surface area contributed by atoms with Gasteiger partial charge in [-0.15, -0.1) is 0 Å². The van der Waals surface area contributed by atoms with Gasteiger partial charge in [-0.2, -0.15) is 0 Å². The Morgan fingerprint density at radius 1 is 1.04 bits per heavy atom. The molecule has 140 valence electrons. The molecule has 0 aromatic heterocycles. The Hall–Kier alpha value is -2.17. The number of rotatable bonds is 5. The summed E-state index contributed by atoms with van der Waals surface area (Å²) >= 11 is 0. The molecule has 1 aliphatic carbocycles. The van der Waals surface area contributed by atoms with Crippen LogP contribution >= 0.6 is 0 Å². The third kappa shape index (κ3) is 3.40. The van der Waals surface area contributed by atoms with Crippen molar-refractivity contribution in [3.8, 4) is 0 Å². The first kappa shape index (κ1) is 17.0. The Morgan fingerprint density at radius 2 is 1.89 bits per heavy atom. The van der Waals surface area contributed by atoms with E-state index in [4.69, 9.17) is 0 Å². The van der Waals surface area contributed by atoms with Gasteiger partial charge in [0.25, 0.3) is 0 Å². The first-order valence-corrected chi connectivity index (χ1v) is 10.2. The number of nitrogens with one attached hydrogen (secondary N) is 3. The van der Waals surface area contributed by atoms with E-state index in [9.17, 15) is 4.79 Å². The molecule has 3 N–H and O–H groups in total. The molecule has 3 unspecified atom stereocenters. The van der Waals surface area contributed by atoms with Crippen molar-refractivity contribution < 1.29 is 4.79 Å². The van der Waals surface area contributed by atoms with E-state index in [1.54, 1.807) is 0 Å². The quantitative estimate of drug-likeness (QED) is 0.761. The highest BCUT2D eigenvalue weighted by atomic mass is 16.2. The molecule has 5 rings (SSSR count). The number of benzene rings is 2. The maximum absolute atomic E-state index is 12.3. The number of anilines is 1. The standard InChI is InChI=1S/C23H27N3O/c27-23-21(16-9-10-16)18-13-15(8-11-19(18)26-23)14-25-20-7-4-12-24-22(20)17-5-2-1-3-6-17/h1-3,5-6,8,11,13,16,20-22,24-25H,4,7,9-10,12,14H2,(H,26,27). The number of amides is 1. The number of hydrogen-bond acceptors (Lipinski definition) is 3. The first-order chi connectivity index (χ1) is 13.3. The maximum Gasteiger partial charge on any atom is 0.232 e. The summed E-state index contributed by atoms with van der Waals surface area (Å²) < 4.78 is 0. The smallest absolute Gasteiger partial charge is 0.232 e. The number of piperidine rings is 1. The van der Waals surface area contributed by atoms with E-state index >= 15 is 0 Å². The van der Waals surface area contributed by atoms with Crippen LogP contribution in [0.5, 0.6) is 0 Å². The van der Waals surface area contributed by atoms with Gasteiger partial charge in [0.1, 0.15) is 0 Å². The average molecular weight is 361 g/mol. The molecule has 3 atom stereocenters. The van der Waals surface area contributed by atoms with Crippen LogP contribution in [0.25, 0.3) is 0 Å². The molecule has 2 heterocycles. The molecule has 2 aromatic carbocycles. The van der Waals surface area contributed by atoms with Crippen LogP contribution in [0, 0.1) is 5.92 Å². The Bertz CT molecular complexity index is 831. The highest BCUT2D eigenvalue weighted by Gasteiger charge is 2.42. The summed E-state index contributed by atoms with van der Waals surface area (Å²) in [5, 5.41) is 10.5. The lowest BCUT2D eigenvalue weighted by Gasteiger charge is -2.34. The van der Waals surface area contributed by atoms with E-state index in [2.05, 4.69) is 64.5 Å². The van der Waals surface area contributed by atoms with Crippen LogP contribution in [0.15, 0.2) is 48.5 Å². The second-order valence-corrected chi connectivity index (χ2v) is 8.20. The summed E-state index contributed by atoms with van der Waals surface area (Å²) in [6, 6.07) is 18.0. The summed E-state index contributed by atoms with van der Waals surface area (Å²) in [4.78, 5) is 12.3. The van der Waals surface area contributed by atoms with Crippen LogP contribution in [-0.4, -0.2) is 18.5 Å². The third-order valence-corrected chi connectivity index (χ3v) is 6.27. The lowest BCUT2D eigenvalue weighted by molar-refractivity contribution is -0.117. The van der Waals surface area contributed by atoms with Crippen LogP contribution in [0.1, 0.15) is 54.3 Å². The van der Waals surface area contributed by atoms with E-state index in [-0.39, 0.29) is 11.8 Å². The highest BCUT2D eigenvalue weighted by molar-refractivity contribution is 6.03. The van der Waals surface area contributed by atoms with E-state index in [0.29, 0.717) is 18.0 Å². The first-order valence-electron chi connectivity index (χ1n) is 10.2. The van der Waals surface area contributed by atoms with Gasteiger partial charge >= 0.3 is 0 Å². The molecule has 0 spiro atoms. The molecule has 1 amide bonds. The third-order valence-electron chi connectivity index (χ3n) is 6.27. The highest BCUT2D eigenvalue weighted by Crippen LogP contribution is 2.48. The number of hydrogen-bond donors (Lipinski definition) is 3. The summed E-state index contributed by atoms with van der Waals surface area (Å²) in [7, 11) is 0. The molecule has 0 radical (unpaired) electrons. The number of carbonyl (C=O) groups excluding carboxylic acids is 1. The van der Waals surface area contributed by atoms with Gasteiger partial charge in [-0.25, -0.2) is 0 Å². The molecule has 3 aliphatic rings. The largest absolute Gasteiger partial charge is 0.325 e. The zero-order valence-electron chi connectivity index (χ0n) is 15.6. The minimum Gasteiger partial charge on any atom is -0.325 e. The fraction of sp³-hybridized carbons (Fsp3) is 0.435. The lowest BCUT2D eigenvalue weighted by atomic mass is 9.91. The van der Waals surface area contributed by atoms with E-state index in [0.717, 1.165) is 18.8 Å². The molecule has 1 saturated heterocycles. The van der Waals surface area contributed by atoms with Crippen molar-refractivity contribution in [2.45, 2.75) is 50.2 Å². The molecule has 27 heavy (non-hydrogen) atoms. The van der Waals surface area contributed by atoms with E-state index in [1.807, 2.05) is 0 Å². The fourth-order valence-corrected chi connectivity index (χ4v) is 4.71. The molecular weight excluding hydrogens is 334 g/mol. The van der Waals surface area contributed by atoms with Crippen LogP contribution in [0.3, 0.4) is 0 Å². The van der Waals surface area contributed by atoms with Crippen molar-refractivity contribution in [1.29, 1.82) is 0 Å². The monoisotopic (exact) mass is 361 g/mol. The van der Waals surface area contributed by atoms with Crippen molar-refractivity contribution in [2.75, 3.05) is 11.9 Å². The normalized spacial score (nSPS) is 27.3. The fourth-order valence-electron chi connectivity index (χ4n) is 4.71. The molecular formula is C23H27N3O. The molecule has 2 fully saturated rings. The van der Waals surface area contributed by atoms with Gasteiger partial charge in [0.05, 0.1) is 5.92 Å². The predicted octanol–water partition coefficient (Wildman–Crippen LogP) is 3.72. The lowest BCUT2D eigenvalue weighted by Crippen LogP contribution is -2.45. The number of fused-ring (bicyclic) bond motifs is 1. The molecule has 4 heteroatoms. The summed E-state index contributed by atoms with van der Waals surface area (Å²) in [6.07, 6.45) is 4.76. The van der Waals surface area contributed by atoms with Crippen molar-refractivity contribution in [1.82, 2.24) is 10.6 Å². The summed E-state index contributed by atoms with van der Waals surface area (Å²) in [5.41, 5.74) is 4.85. The molecule has 0 bridgehead atoms.